The number of hydrogen-bond acceptors (Lipinski definition) is 2. The van der Waals surface area contributed by atoms with E-state index < -0.39 is 0 Å². The Morgan fingerprint density at radius 2 is 2.33 bits per heavy atom. The van der Waals surface area contributed by atoms with Gasteiger partial charge in [-0.2, -0.15) is 0 Å². The predicted molar refractivity (Wildman–Crippen MR) is 84.1 cm³/mol. The van der Waals surface area contributed by atoms with E-state index in [1.165, 1.54) is 19.4 Å². The van der Waals surface area contributed by atoms with Crippen molar-refractivity contribution in [3.63, 3.8) is 0 Å². The van der Waals surface area contributed by atoms with Gasteiger partial charge in [0.1, 0.15) is 11.8 Å². The molecule has 1 aliphatic heterocycles. The molecule has 0 radical (unpaired) electrons. The molecule has 1 aliphatic rings. The number of likely N-dealkylation sites (N-methyl/N-ethyl adjacent to an activating group) is 1. The Hall–Kier alpha value is -1.26. The Kier molecular flexibility index (Phi) is 5.88. The van der Waals surface area contributed by atoms with E-state index >= 15 is 0 Å². The third-order valence-corrected chi connectivity index (χ3v) is 4.55. The molecule has 2 atom stereocenters. The number of amides is 1. The van der Waals surface area contributed by atoms with Crippen LogP contribution in [0, 0.1) is 6.92 Å². The van der Waals surface area contributed by atoms with Crippen LogP contribution in [0.1, 0.15) is 25.3 Å². The van der Waals surface area contributed by atoms with Crippen LogP contribution < -0.4 is 15.0 Å². The van der Waals surface area contributed by atoms with E-state index in [1.807, 2.05) is 13.0 Å². The summed E-state index contributed by atoms with van der Waals surface area (Å²) in [5.41, 5.74) is 0.947. The Morgan fingerprint density at radius 3 is 3.05 bits per heavy atom. The van der Waals surface area contributed by atoms with Gasteiger partial charge in [-0.25, -0.2) is 0 Å². The monoisotopic (exact) mass is 311 g/mol. The zero-order valence-electron chi connectivity index (χ0n) is 12.7. The van der Waals surface area contributed by atoms with Crippen molar-refractivity contribution in [1.29, 1.82) is 0 Å². The number of likely N-dealkylation sites (tertiary alicyclic amines) is 1. The van der Waals surface area contributed by atoms with E-state index in [4.69, 9.17) is 16.3 Å². The number of halogens is 1. The third kappa shape index (κ3) is 4.61. The number of aryl methyl sites for hydroxylation is 1. The van der Waals surface area contributed by atoms with Crippen molar-refractivity contribution in [1.82, 2.24) is 5.32 Å². The number of nitrogens with one attached hydrogen (secondary N) is 2. The highest BCUT2D eigenvalue weighted by atomic mass is 35.5. The zero-order valence-corrected chi connectivity index (χ0v) is 13.5. The van der Waals surface area contributed by atoms with E-state index in [9.17, 15) is 4.79 Å². The molecule has 1 aromatic carbocycles. The van der Waals surface area contributed by atoms with Crippen LogP contribution in [0.15, 0.2) is 18.2 Å². The van der Waals surface area contributed by atoms with Crippen LogP contribution in [0.25, 0.3) is 0 Å². The summed E-state index contributed by atoms with van der Waals surface area (Å²) in [6.45, 7) is 7.25. The summed E-state index contributed by atoms with van der Waals surface area (Å²) >= 11 is 5.96. The van der Waals surface area contributed by atoms with Crippen molar-refractivity contribution in [3.8, 4) is 5.75 Å². The topological polar surface area (TPSA) is 42.8 Å². The first-order valence-electron chi connectivity index (χ1n) is 7.60. The fraction of sp³-hybridized carbons (Fsp3) is 0.562. The van der Waals surface area contributed by atoms with Crippen LogP contribution in [0.3, 0.4) is 0 Å². The minimum Gasteiger partial charge on any atom is -0.484 e. The van der Waals surface area contributed by atoms with Gasteiger partial charge in [0, 0.05) is 17.9 Å². The number of quaternary nitrogens is 1. The molecule has 0 bridgehead atoms. The molecule has 4 nitrogen and oxygen atoms in total. The molecule has 1 heterocycles. The summed E-state index contributed by atoms with van der Waals surface area (Å²) in [5.74, 6) is 0.610. The van der Waals surface area contributed by atoms with Crippen molar-refractivity contribution >= 4 is 17.5 Å². The molecule has 5 heteroatoms. The largest absolute Gasteiger partial charge is 0.484 e. The lowest BCUT2D eigenvalue weighted by molar-refractivity contribution is -0.909. The van der Waals surface area contributed by atoms with Crippen LogP contribution in [-0.4, -0.2) is 38.2 Å². The van der Waals surface area contributed by atoms with Gasteiger partial charge in [-0.1, -0.05) is 11.6 Å². The van der Waals surface area contributed by atoms with Crippen LogP contribution >= 0.6 is 11.6 Å². The fourth-order valence-corrected chi connectivity index (χ4v) is 2.96. The minimum absolute atomic E-state index is 0.0508. The van der Waals surface area contributed by atoms with E-state index in [0.29, 0.717) is 16.8 Å². The SMILES string of the molecule is CC[NH+]1CCC[C@@H]1CNC(=O)COc1ccc(Cl)c(C)c1. The quantitative estimate of drug-likeness (QED) is 0.829. The molecule has 1 aromatic rings. The van der Waals surface area contributed by atoms with Gasteiger partial charge < -0.3 is 15.0 Å². The summed E-state index contributed by atoms with van der Waals surface area (Å²) < 4.78 is 5.49. The molecule has 2 rings (SSSR count). The van der Waals surface area contributed by atoms with Crippen LogP contribution in [0.5, 0.6) is 5.75 Å². The molecule has 1 saturated heterocycles. The molecular formula is C16H24ClN2O2+. The standard InChI is InChI=1S/C16H23ClN2O2/c1-3-19-8-4-5-13(19)10-18-16(20)11-21-14-6-7-15(17)12(2)9-14/h6-7,9,13H,3-5,8,10-11H2,1-2H3,(H,18,20)/p+1/t13-/m1/s1. The molecule has 21 heavy (non-hydrogen) atoms. The van der Waals surface area contributed by atoms with Crippen molar-refractivity contribution < 1.29 is 14.4 Å². The van der Waals surface area contributed by atoms with Crippen molar-refractivity contribution in [2.75, 3.05) is 26.2 Å². The van der Waals surface area contributed by atoms with E-state index in [1.54, 1.807) is 17.0 Å². The molecule has 0 saturated carbocycles. The maximum absolute atomic E-state index is 11.8. The summed E-state index contributed by atoms with van der Waals surface area (Å²) in [4.78, 5) is 13.4. The second-order valence-electron chi connectivity index (χ2n) is 5.60. The molecule has 1 amide bonds. The third-order valence-electron chi connectivity index (χ3n) is 4.13. The number of carbonyl (C=O) groups is 1. The minimum atomic E-state index is -0.0649. The first kappa shape index (κ1) is 16.1. The lowest BCUT2D eigenvalue weighted by Gasteiger charge is -2.20. The highest BCUT2D eigenvalue weighted by Crippen LogP contribution is 2.20. The summed E-state index contributed by atoms with van der Waals surface area (Å²) in [6, 6.07) is 5.96. The Balaban J connectivity index is 1.73. The number of hydrogen-bond donors (Lipinski definition) is 2. The van der Waals surface area contributed by atoms with Crippen molar-refractivity contribution in [3.05, 3.63) is 28.8 Å². The Labute approximate surface area is 131 Å². The number of ether oxygens (including phenoxy) is 1. The summed E-state index contributed by atoms with van der Waals surface area (Å²) in [7, 11) is 0. The van der Waals surface area contributed by atoms with Gasteiger partial charge in [0.25, 0.3) is 5.91 Å². The predicted octanol–water partition coefficient (Wildman–Crippen LogP) is 1.21. The van der Waals surface area contributed by atoms with Gasteiger partial charge in [0.05, 0.1) is 19.6 Å². The van der Waals surface area contributed by atoms with Crippen LogP contribution in [0.2, 0.25) is 5.02 Å². The van der Waals surface area contributed by atoms with Gasteiger partial charge in [-0.15, -0.1) is 0 Å². The number of benzene rings is 1. The van der Waals surface area contributed by atoms with Gasteiger partial charge >= 0.3 is 0 Å². The Morgan fingerprint density at radius 1 is 1.52 bits per heavy atom. The highest BCUT2D eigenvalue weighted by Gasteiger charge is 2.27. The van der Waals surface area contributed by atoms with E-state index in [-0.39, 0.29) is 12.5 Å². The van der Waals surface area contributed by atoms with E-state index in [0.717, 1.165) is 18.7 Å². The second-order valence-corrected chi connectivity index (χ2v) is 6.01. The molecule has 116 valence electrons. The molecule has 0 aliphatic carbocycles. The zero-order chi connectivity index (χ0) is 15.2. The van der Waals surface area contributed by atoms with Crippen LogP contribution in [0.4, 0.5) is 0 Å². The van der Waals surface area contributed by atoms with Gasteiger partial charge in [-0.05, 0) is 37.6 Å². The normalized spacial score (nSPS) is 21.3. The average Bonchev–Trinajstić information content (AvgIpc) is 2.94. The maximum Gasteiger partial charge on any atom is 0.258 e. The molecule has 0 spiro atoms. The van der Waals surface area contributed by atoms with E-state index in [2.05, 4.69) is 12.2 Å². The lowest BCUT2D eigenvalue weighted by Crippen LogP contribution is -3.14. The highest BCUT2D eigenvalue weighted by molar-refractivity contribution is 6.31. The molecule has 2 N–H and O–H groups in total. The lowest BCUT2D eigenvalue weighted by atomic mass is 10.2. The molecule has 0 aromatic heterocycles. The number of rotatable bonds is 6. The van der Waals surface area contributed by atoms with Gasteiger partial charge in [-0.3, -0.25) is 4.79 Å². The van der Waals surface area contributed by atoms with Gasteiger partial charge in [0.2, 0.25) is 0 Å². The summed E-state index contributed by atoms with van der Waals surface area (Å²) in [6.07, 6.45) is 2.45. The molecule has 1 fully saturated rings. The van der Waals surface area contributed by atoms with Gasteiger partial charge in [0.15, 0.2) is 6.61 Å². The first-order chi connectivity index (χ1) is 10.1. The number of carbonyl (C=O) groups excluding carboxylic acids is 1. The summed E-state index contributed by atoms with van der Waals surface area (Å²) in [5, 5.41) is 3.68. The second kappa shape index (κ2) is 7.66. The van der Waals surface area contributed by atoms with Crippen LogP contribution in [-0.2, 0) is 4.79 Å². The molecule has 1 unspecified atom stereocenters. The van der Waals surface area contributed by atoms with Crippen molar-refractivity contribution in [2.24, 2.45) is 0 Å². The smallest absolute Gasteiger partial charge is 0.258 e. The molecular weight excluding hydrogens is 288 g/mol. The Bertz CT molecular complexity index is 493. The van der Waals surface area contributed by atoms with Crippen molar-refractivity contribution in [2.45, 2.75) is 32.7 Å². The average molecular weight is 312 g/mol. The first-order valence-corrected chi connectivity index (χ1v) is 7.98. The maximum atomic E-state index is 11.8. The fourth-order valence-electron chi connectivity index (χ4n) is 2.84.